The van der Waals surface area contributed by atoms with E-state index in [9.17, 15) is 4.79 Å². The molecule has 3 N–H and O–H groups in total. The third-order valence-corrected chi connectivity index (χ3v) is 5.56. The average Bonchev–Trinajstić information content (AvgIpc) is 3.10. The fourth-order valence-corrected chi connectivity index (χ4v) is 4.29. The third-order valence-electron chi connectivity index (χ3n) is 4.79. The minimum absolute atomic E-state index is 0.0853. The zero-order valence-corrected chi connectivity index (χ0v) is 14.3. The van der Waals surface area contributed by atoms with Crippen molar-refractivity contribution in [3.63, 3.8) is 0 Å². The molecule has 2 aliphatic heterocycles. The summed E-state index contributed by atoms with van der Waals surface area (Å²) in [6.07, 6.45) is 4.48. The maximum absolute atomic E-state index is 12.6. The number of fused-ring (bicyclic) bond motifs is 2. The summed E-state index contributed by atoms with van der Waals surface area (Å²) in [6.45, 7) is 0. The zero-order valence-electron chi connectivity index (χ0n) is 12.7. The predicted molar refractivity (Wildman–Crippen MR) is 92.2 cm³/mol. The van der Waals surface area contributed by atoms with Crippen LogP contribution in [0.25, 0.3) is 11.3 Å². The molecule has 6 heteroatoms. The lowest BCUT2D eigenvalue weighted by atomic mass is 10.00. The van der Waals surface area contributed by atoms with Crippen molar-refractivity contribution in [2.45, 2.75) is 43.8 Å². The number of nitrogens with zero attached hydrogens (tertiary/aromatic N) is 1. The van der Waals surface area contributed by atoms with Gasteiger partial charge in [0.1, 0.15) is 11.4 Å². The van der Waals surface area contributed by atoms with Gasteiger partial charge >= 0.3 is 0 Å². The Bertz CT molecular complexity index is 703. The molecule has 1 aromatic heterocycles. The highest BCUT2D eigenvalue weighted by Crippen LogP contribution is 2.30. The lowest BCUT2D eigenvalue weighted by Gasteiger charge is -2.29. The van der Waals surface area contributed by atoms with E-state index in [1.807, 2.05) is 30.3 Å². The van der Waals surface area contributed by atoms with E-state index in [1.165, 1.54) is 12.8 Å². The highest BCUT2D eigenvalue weighted by Gasteiger charge is 2.34. The normalized spacial score (nSPS) is 26.2. The van der Waals surface area contributed by atoms with Gasteiger partial charge in [0.15, 0.2) is 0 Å². The Labute approximate surface area is 143 Å². The van der Waals surface area contributed by atoms with Gasteiger partial charge in [0.25, 0.3) is 5.91 Å². The van der Waals surface area contributed by atoms with Crippen LogP contribution in [0.4, 0.5) is 0 Å². The molecule has 0 spiro atoms. The molecule has 1 aromatic carbocycles. The maximum atomic E-state index is 12.6. The number of hydrogen-bond acceptors (Lipinski definition) is 3. The fraction of sp³-hybridized carbons (Fsp3) is 0.412. The van der Waals surface area contributed by atoms with Crippen molar-refractivity contribution in [1.29, 1.82) is 0 Å². The number of halogens is 1. The minimum atomic E-state index is -0.0853. The smallest absolute Gasteiger partial charge is 0.270 e. The van der Waals surface area contributed by atoms with Gasteiger partial charge in [-0.05, 0) is 41.6 Å². The first kappa shape index (κ1) is 14.9. The molecule has 2 unspecified atom stereocenters. The first-order valence-corrected chi connectivity index (χ1v) is 8.86. The maximum Gasteiger partial charge on any atom is 0.270 e. The van der Waals surface area contributed by atoms with E-state index in [0.29, 0.717) is 17.8 Å². The van der Waals surface area contributed by atoms with Gasteiger partial charge in [0.2, 0.25) is 0 Å². The highest BCUT2D eigenvalue weighted by atomic mass is 79.9. The van der Waals surface area contributed by atoms with E-state index in [1.54, 1.807) is 0 Å². The van der Waals surface area contributed by atoms with E-state index in [2.05, 4.69) is 36.8 Å². The molecular formula is C17H19BrN4O. The molecule has 4 rings (SSSR count). The molecule has 0 aliphatic carbocycles. The van der Waals surface area contributed by atoms with Crippen LogP contribution in [0.1, 0.15) is 36.2 Å². The first-order valence-electron chi connectivity index (χ1n) is 8.07. The Kier molecular flexibility index (Phi) is 3.95. The minimum Gasteiger partial charge on any atom is -0.348 e. The molecular weight excluding hydrogens is 356 g/mol. The van der Waals surface area contributed by atoms with Crippen molar-refractivity contribution < 1.29 is 4.79 Å². The van der Waals surface area contributed by atoms with Crippen LogP contribution in [0.5, 0.6) is 0 Å². The Hall–Kier alpha value is -1.66. The van der Waals surface area contributed by atoms with E-state index in [4.69, 9.17) is 0 Å². The second-order valence-electron chi connectivity index (χ2n) is 6.41. The van der Waals surface area contributed by atoms with Crippen LogP contribution < -0.4 is 10.6 Å². The average molecular weight is 375 g/mol. The Morgan fingerprint density at radius 2 is 1.87 bits per heavy atom. The number of aromatic nitrogens is 2. The molecule has 3 heterocycles. The van der Waals surface area contributed by atoms with Crippen LogP contribution in [0.2, 0.25) is 0 Å². The Morgan fingerprint density at radius 1 is 1.17 bits per heavy atom. The quantitative estimate of drug-likeness (QED) is 0.773. The van der Waals surface area contributed by atoms with E-state index in [-0.39, 0.29) is 11.9 Å². The molecule has 120 valence electrons. The first-order chi connectivity index (χ1) is 11.2. The Balaban J connectivity index is 1.50. The molecule has 2 fully saturated rings. The second kappa shape index (κ2) is 6.09. The molecule has 5 nitrogen and oxygen atoms in total. The summed E-state index contributed by atoms with van der Waals surface area (Å²) in [5.74, 6) is -0.0853. The van der Waals surface area contributed by atoms with Crippen molar-refractivity contribution >= 4 is 21.8 Å². The number of rotatable bonds is 3. The van der Waals surface area contributed by atoms with Crippen molar-refractivity contribution in [1.82, 2.24) is 20.8 Å². The summed E-state index contributed by atoms with van der Waals surface area (Å²) in [5.41, 5.74) is 2.24. The van der Waals surface area contributed by atoms with E-state index < -0.39 is 0 Å². The lowest BCUT2D eigenvalue weighted by Crippen LogP contribution is -2.48. The zero-order chi connectivity index (χ0) is 15.8. The van der Waals surface area contributed by atoms with Crippen molar-refractivity contribution in [2.24, 2.45) is 0 Å². The highest BCUT2D eigenvalue weighted by molar-refractivity contribution is 9.10. The second-order valence-corrected chi connectivity index (χ2v) is 7.20. The van der Waals surface area contributed by atoms with Crippen LogP contribution in [-0.2, 0) is 0 Å². The van der Waals surface area contributed by atoms with Crippen molar-refractivity contribution in [3.8, 4) is 11.3 Å². The molecule has 2 bridgehead atoms. The van der Waals surface area contributed by atoms with E-state index in [0.717, 1.165) is 28.6 Å². The molecule has 0 radical (unpaired) electrons. The van der Waals surface area contributed by atoms with Gasteiger partial charge in [-0.1, -0.05) is 30.3 Å². The van der Waals surface area contributed by atoms with Gasteiger partial charge in [-0.25, -0.2) is 0 Å². The van der Waals surface area contributed by atoms with Gasteiger partial charge in [-0.2, -0.15) is 5.10 Å². The predicted octanol–water partition coefficient (Wildman–Crippen LogP) is 2.85. The SMILES string of the molecule is O=C(NC1CC2CCC(C1)N2)c1[nH]nc(-c2ccccc2)c1Br. The van der Waals surface area contributed by atoms with Crippen LogP contribution in [0, 0.1) is 0 Å². The monoisotopic (exact) mass is 374 g/mol. The van der Waals surface area contributed by atoms with Crippen LogP contribution in [0.15, 0.2) is 34.8 Å². The van der Waals surface area contributed by atoms with Gasteiger partial charge in [0, 0.05) is 23.7 Å². The number of piperidine rings is 1. The van der Waals surface area contributed by atoms with Crippen LogP contribution in [-0.4, -0.2) is 34.2 Å². The number of aromatic amines is 1. The number of carbonyl (C=O) groups excluding carboxylic acids is 1. The van der Waals surface area contributed by atoms with Gasteiger partial charge in [-0.15, -0.1) is 0 Å². The summed E-state index contributed by atoms with van der Waals surface area (Å²) in [5, 5.41) is 13.9. The number of benzene rings is 1. The fourth-order valence-electron chi connectivity index (χ4n) is 3.70. The third kappa shape index (κ3) is 2.93. The van der Waals surface area contributed by atoms with Crippen LogP contribution in [0.3, 0.4) is 0 Å². The van der Waals surface area contributed by atoms with E-state index >= 15 is 0 Å². The number of nitrogens with one attached hydrogen (secondary N) is 3. The topological polar surface area (TPSA) is 69.8 Å². The molecule has 0 saturated carbocycles. The molecule has 2 aliphatic rings. The number of H-pyrrole nitrogens is 1. The van der Waals surface area contributed by atoms with Crippen molar-refractivity contribution in [3.05, 3.63) is 40.5 Å². The number of amides is 1. The van der Waals surface area contributed by atoms with Crippen molar-refractivity contribution in [2.75, 3.05) is 0 Å². The van der Waals surface area contributed by atoms with Gasteiger partial charge < -0.3 is 10.6 Å². The summed E-state index contributed by atoms with van der Waals surface area (Å²) < 4.78 is 0.720. The molecule has 23 heavy (non-hydrogen) atoms. The van der Waals surface area contributed by atoms with Crippen LogP contribution >= 0.6 is 15.9 Å². The van der Waals surface area contributed by atoms with Gasteiger partial charge in [-0.3, -0.25) is 9.89 Å². The molecule has 2 atom stereocenters. The summed E-state index contributed by atoms with van der Waals surface area (Å²) >= 11 is 3.52. The number of hydrogen-bond donors (Lipinski definition) is 3. The largest absolute Gasteiger partial charge is 0.348 e. The van der Waals surface area contributed by atoms with Gasteiger partial charge in [0.05, 0.1) is 4.47 Å². The molecule has 2 aromatic rings. The summed E-state index contributed by atoms with van der Waals surface area (Å²) in [6, 6.07) is 11.2. The summed E-state index contributed by atoms with van der Waals surface area (Å²) in [4.78, 5) is 12.6. The lowest BCUT2D eigenvalue weighted by molar-refractivity contribution is 0.0918. The molecule has 1 amide bonds. The molecule has 2 saturated heterocycles. The summed E-state index contributed by atoms with van der Waals surface area (Å²) in [7, 11) is 0. The standard InChI is InChI=1S/C17H19BrN4O/c18-14-15(10-4-2-1-3-5-10)21-22-16(14)17(23)20-13-8-11-6-7-12(9-13)19-11/h1-5,11-13,19H,6-9H2,(H,20,23)(H,21,22). The Morgan fingerprint density at radius 3 is 2.57 bits per heavy atom. The number of carbonyl (C=O) groups is 1.